The second kappa shape index (κ2) is 8.09. The Morgan fingerprint density at radius 2 is 2.03 bits per heavy atom. The molecule has 2 saturated heterocycles. The van der Waals surface area contributed by atoms with Crippen LogP contribution in [0, 0.1) is 11.3 Å². The molecule has 4 aliphatic rings. The van der Waals surface area contributed by atoms with Gasteiger partial charge in [0.2, 0.25) is 5.88 Å². The molecule has 35 heavy (non-hydrogen) atoms. The fourth-order valence-electron chi connectivity index (χ4n) is 6.20. The molecule has 3 fully saturated rings. The number of pyridine rings is 2. The molecule has 3 N–H and O–H groups in total. The first-order valence-corrected chi connectivity index (χ1v) is 12.1. The molecule has 0 bridgehead atoms. The molecule has 0 amide bonds. The maximum absolute atomic E-state index is 13.4. The molecule has 3 aliphatic heterocycles. The lowest BCUT2D eigenvalue weighted by Gasteiger charge is -2.31. The van der Waals surface area contributed by atoms with Crippen molar-refractivity contribution in [3.8, 4) is 5.88 Å². The van der Waals surface area contributed by atoms with Crippen LogP contribution in [0.1, 0.15) is 54.5 Å². The molecular weight excluding hydrogens is 457 g/mol. The number of halogens is 3. The summed E-state index contributed by atoms with van der Waals surface area (Å²) >= 11 is 0. The van der Waals surface area contributed by atoms with Crippen LogP contribution < -0.4 is 15.9 Å². The predicted octanol–water partition coefficient (Wildman–Crippen LogP) is 4.08. The number of likely N-dealkylation sites (tertiary alicyclic amines) is 1. The van der Waals surface area contributed by atoms with Crippen molar-refractivity contribution in [2.24, 2.45) is 11.3 Å². The molecular formula is C25H29F3N6O. The summed E-state index contributed by atoms with van der Waals surface area (Å²) in [4.78, 5) is 10.8. The zero-order chi connectivity index (χ0) is 24.4. The highest BCUT2D eigenvalue weighted by Gasteiger charge is 2.53. The fourth-order valence-corrected chi connectivity index (χ4v) is 6.20. The quantitative estimate of drug-likeness (QED) is 0.659. The Hall–Kier alpha value is -2.85. The Bertz CT molecular complexity index is 1170. The molecule has 1 saturated carbocycles. The van der Waals surface area contributed by atoms with Crippen molar-refractivity contribution in [1.82, 2.24) is 25.3 Å². The smallest absolute Gasteiger partial charge is 0.419 e. The number of hydrogen-bond acceptors (Lipinski definition) is 7. The highest BCUT2D eigenvalue weighted by atomic mass is 19.4. The van der Waals surface area contributed by atoms with Gasteiger partial charge in [0.25, 0.3) is 0 Å². The summed E-state index contributed by atoms with van der Waals surface area (Å²) < 4.78 is 45.7. The zero-order valence-electron chi connectivity index (χ0n) is 19.6. The van der Waals surface area contributed by atoms with Crippen molar-refractivity contribution >= 4 is 5.82 Å². The molecule has 0 aromatic carbocycles. The Kier molecular flexibility index (Phi) is 5.23. The maximum Gasteiger partial charge on any atom is 0.419 e. The van der Waals surface area contributed by atoms with E-state index in [-0.39, 0.29) is 17.5 Å². The molecule has 10 heteroatoms. The third kappa shape index (κ3) is 3.83. The molecule has 1 aliphatic carbocycles. The minimum Gasteiger partial charge on any atom is -0.481 e. The Balaban J connectivity index is 1.27. The molecule has 2 aromatic heterocycles. The van der Waals surface area contributed by atoms with Crippen LogP contribution in [0.15, 0.2) is 42.4 Å². The Morgan fingerprint density at radius 3 is 2.77 bits per heavy atom. The maximum atomic E-state index is 13.4. The third-order valence-electron chi connectivity index (χ3n) is 8.03. The van der Waals surface area contributed by atoms with Gasteiger partial charge in [-0.3, -0.25) is 4.90 Å². The van der Waals surface area contributed by atoms with Gasteiger partial charge in [-0.25, -0.2) is 15.4 Å². The second-order valence-corrected chi connectivity index (χ2v) is 10.1. The van der Waals surface area contributed by atoms with Crippen molar-refractivity contribution < 1.29 is 17.9 Å². The minimum absolute atomic E-state index is 0.0154. The van der Waals surface area contributed by atoms with Crippen molar-refractivity contribution in [2.75, 3.05) is 32.5 Å². The van der Waals surface area contributed by atoms with Crippen LogP contribution in [0.25, 0.3) is 0 Å². The summed E-state index contributed by atoms with van der Waals surface area (Å²) in [6.45, 7) is 2.71. The van der Waals surface area contributed by atoms with E-state index in [1.54, 1.807) is 13.3 Å². The third-order valence-corrected chi connectivity index (χ3v) is 8.03. The van der Waals surface area contributed by atoms with Crippen molar-refractivity contribution in [3.63, 3.8) is 0 Å². The van der Waals surface area contributed by atoms with Crippen molar-refractivity contribution in [1.29, 1.82) is 0 Å². The normalized spacial score (nSPS) is 27.4. The van der Waals surface area contributed by atoms with E-state index in [2.05, 4.69) is 37.4 Å². The number of hydrazine groups is 1. The van der Waals surface area contributed by atoms with Gasteiger partial charge < -0.3 is 15.5 Å². The van der Waals surface area contributed by atoms with Gasteiger partial charge >= 0.3 is 6.18 Å². The number of hydrogen-bond donors (Lipinski definition) is 2. The predicted molar refractivity (Wildman–Crippen MR) is 124 cm³/mol. The number of ether oxygens (including phenoxy) is 1. The lowest BCUT2D eigenvalue weighted by molar-refractivity contribution is -0.137. The molecule has 5 heterocycles. The average Bonchev–Trinajstić information content (AvgIpc) is 3.28. The lowest BCUT2D eigenvalue weighted by atomic mass is 9.82. The van der Waals surface area contributed by atoms with Gasteiger partial charge in [0.1, 0.15) is 5.82 Å². The minimum atomic E-state index is -4.53. The van der Waals surface area contributed by atoms with Gasteiger partial charge in [0.15, 0.2) is 0 Å². The standard InChI is InChI=1S/C25H29F3N6O/c1-35-23-17(3-2-8-30-23)21(15-4-5-15)33-9-6-24(14-33)7-10-34-20(24)12-19(32-34)16-11-18(25(26,27)28)22(29)31-13-16/h2-3,8,11-13,15,19,21,32H,4-7,9-10,14H2,1H3,(H2,29,31)/t19?,21?,24-/m1/s1. The number of anilines is 1. The van der Waals surface area contributed by atoms with Crippen molar-refractivity contribution in [2.45, 2.75) is 43.9 Å². The number of nitrogen functional groups attached to an aromatic ring is 1. The van der Waals surface area contributed by atoms with Gasteiger partial charge in [0.05, 0.1) is 18.7 Å². The summed E-state index contributed by atoms with van der Waals surface area (Å²) in [5, 5.41) is 2.12. The van der Waals surface area contributed by atoms with E-state index in [0.29, 0.717) is 17.4 Å². The first-order valence-electron chi connectivity index (χ1n) is 12.1. The van der Waals surface area contributed by atoms with Crippen LogP contribution >= 0.6 is 0 Å². The van der Waals surface area contributed by atoms with Crippen LogP contribution in [0.5, 0.6) is 5.88 Å². The average molecular weight is 487 g/mol. The van der Waals surface area contributed by atoms with E-state index in [9.17, 15) is 13.2 Å². The highest BCUT2D eigenvalue weighted by molar-refractivity contribution is 5.45. The highest BCUT2D eigenvalue weighted by Crippen LogP contribution is 2.55. The topological polar surface area (TPSA) is 79.5 Å². The Labute approximate surface area is 202 Å². The number of methoxy groups -OCH3 is 1. The van der Waals surface area contributed by atoms with Crippen LogP contribution in [0.4, 0.5) is 19.0 Å². The van der Waals surface area contributed by atoms with Gasteiger partial charge in [-0.2, -0.15) is 13.2 Å². The summed E-state index contributed by atoms with van der Waals surface area (Å²) in [6.07, 6.45) is 5.19. The monoisotopic (exact) mass is 486 g/mol. The number of nitrogens with zero attached hydrogens (tertiary/aromatic N) is 4. The van der Waals surface area contributed by atoms with Crippen LogP contribution in [-0.2, 0) is 6.18 Å². The van der Waals surface area contributed by atoms with Crippen LogP contribution in [0.2, 0.25) is 0 Å². The largest absolute Gasteiger partial charge is 0.481 e. The van der Waals surface area contributed by atoms with Gasteiger partial charge in [-0.05, 0) is 61.9 Å². The number of nitrogens with one attached hydrogen (secondary N) is 1. The lowest BCUT2D eigenvalue weighted by Crippen LogP contribution is -2.34. The number of nitrogens with two attached hydrogens (primary N) is 1. The molecule has 6 rings (SSSR count). The van der Waals surface area contributed by atoms with Crippen LogP contribution in [0.3, 0.4) is 0 Å². The number of alkyl halides is 3. The van der Waals surface area contributed by atoms with Gasteiger partial charge in [-0.1, -0.05) is 6.07 Å². The van der Waals surface area contributed by atoms with Crippen molar-refractivity contribution in [3.05, 3.63) is 59.1 Å². The van der Waals surface area contributed by atoms with E-state index in [1.807, 2.05) is 6.07 Å². The van der Waals surface area contributed by atoms with Gasteiger partial charge in [-0.15, -0.1) is 0 Å². The molecule has 1 spiro atoms. The van der Waals surface area contributed by atoms with Gasteiger partial charge in [0, 0.05) is 48.2 Å². The Morgan fingerprint density at radius 1 is 1.23 bits per heavy atom. The number of rotatable bonds is 5. The SMILES string of the molecule is COc1ncccc1C(C1CC1)N1CC[C@@]2(CCN3NC(c4cnc(N)c(C(F)(F)F)c4)C=C32)C1. The molecule has 3 atom stereocenters. The summed E-state index contributed by atoms with van der Waals surface area (Å²) in [7, 11) is 1.67. The van der Waals surface area contributed by atoms with E-state index in [0.717, 1.165) is 44.1 Å². The van der Waals surface area contributed by atoms with E-state index < -0.39 is 17.6 Å². The summed E-state index contributed by atoms with van der Waals surface area (Å²) in [6, 6.07) is 5.13. The number of aromatic nitrogens is 2. The summed E-state index contributed by atoms with van der Waals surface area (Å²) in [5.41, 5.74) is 10.8. The summed E-state index contributed by atoms with van der Waals surface area (Å²) in [5.74, 6) is 0.801. The van der Waals surface area contributed by atoms with E-state index in [4.69, 9.17) is 10.5 Å². The first kappa shape index (κ1) is 22.6. The van der Waals surface area contributed by atoms with E-state index in [1.165, 1.54) is 24.7 Å². The van der Waals surface area contributed by atoms with Crippen LogP contribution in [-0.4, -0.2) is 46.6 Å². The molecule has 2 aromatic rings. The first-order chi connectivity index (χ1) is 16.8. The van der Waals surface area contributed by atoms with E-state index >= 15 is 0 Å². The molecule has 7 nitrogen and oxygen atoms in total. The second-order valence-electron chi connectivity index (χ2n) is 10.1. The fraction of sp³-hybridized carbons (Fsp3) is 0.520. The number of fused-ring (bicyclic) bond motifs is 2. The zero-order valence-corrected chi connectivity index (χ0v) is 19.6. The molecule has 0 radical (unpaired) electrons. The molecule has 2 unspecified atom stereocenters. The molecule has 186 valence electrons.